The van der Waals surface area contributed by atoms with Gasteiger partial charge in [0, 0.05) is 28.8 Å². The van der Waals surface area contributed by atoms with E-state index in [4.69, 9.17) is 18.0 Å². The molecule has 17 heavy (non-hydrogen) atoms. The van der Waals surface area contributed by atoms with Crippen LogP contribution in [0, 0.1) is 5.92 Å². The van der Waals surface area contributed by atoms with Crippen LogP contribution in [0.1, 0.15) is 25.3 Å². The average molecular weight is 313 g/mol. The van der Waals surface area contributed by atoms with Gasteiger partial charge in [-0.05, 0) is 37.0 Å². The van der Waals surface area contributed by atoms with Gasteiger partial charge in [-0.3, -0.25) is 0 Å². The number of halogens is 1. The SMILES string of the molecule is CC1CCN(c2cc(Br)ccc2C(N)=S)CC1. The van der Waals surface area contributed by atoms with Crippen molar-refractivity contribution in [3.05, 3.63) is 28.2 Å². The number of hydrogen-bond donors (Lipinski definition) is 1. The molecule has 0 radical (unpaired) electrons. The van der Waals surface area contributed by atoms with Gasteiger partial charge >= 0.3 is 0 Å². The highest BCUT2D eigenvalue weighted by Crippen LogP contribution is 2.29. The van der Waals surface area contributed by atoms with E-state index in [1.165, 1.54) is 18.5 Å². The molecular weight excluding hydrogens is 296 g/mol. The van der Waals surface area contributed by atoms with Crippen LogP contribution in [0.4, 0.5) is 5.69 Å². The summed E-state index contributed by atoms with van der Waals surface area (Å²) >= 11 is 8.63. The van der Waals surface area contributed by atoms with Crippen LogP contribution in [0.3, 0.4) is 0 Å². The highest BCUT2D eigenvalue weighted by atomic mass is 79.9. The van der Waals surface area contributed by atoms with Crippen molar-refractivity contribution in [1.82, 2.24) is 0 Å². The van der Waals surface area contributed by atoms with E-state index in [1.54, 1.807) is 0 Å². The molecule has 0 saturated carbocycles. The molecule has 2 nitrogen and oxygen atoms in total. The van der Waals surface area contributed by atoms with Crippen LogP contribution in [0.25, 0.3) is 0 Å². The first kappa shape index (κ1) is 12.8. The zero-order valence-corrected chi connectivity index (χ0v) is 12.4. The molecule has 1 heterocycles. The van der Waals surface area contributed by atoms with Gasteiger partial charge in [-0.25, -0.2) is 0 Å². The van der Waals surface area contributed by atoms with Gasteiger partial charge in [0.2, 0.25) is 0 Å². The summed E-state index contributed by atoms with van der Waals surface area (Å²) in [6.07, 6.45) is 2.48. The summed E-state index contributed by atoms with van der Waals surface area (Å²) in [6, 6.07) is 6.11. The van der Waals surface area contributed by atoms with E-state index in [0.29, 0.717) is 4.99 Å². The molecule has 0 aromatic heterocycles. The molecule has 1 aliphatic rings. The minimum atomic E-state index is 0.478. The maximum Gasteiger partial charge on any atom is 0.106 e. The molecule has 0 amide bonds. The molecule has 1 aliphatic heterocycles. The largest absolute Gasteiger partial charge is 0.389 e. The predicted octanol–water partition coefficient (Wildman–Crippen LogP) is 3.32. The third kappa shape index (κ3) is 2.99. The van der Waals surface area contributed by atoms with Crippen LogP contribution in [0.2, 0.25) is 0 Å². The number of anilines is 1. The number of thiocarbonyl (C=S) groups is 1. The van der Waals surface area contributed by atoms with Crippen molar-refractivity contribution in [3.63, 3.8) is 0 Å². The second-order valence-corrected chi connectivity index (χ2v) is 6.05. The summed E-state index contributed by atoms with van der Waals surface area (Å²) in [5.74, 6) is 0.826. The van der Waals surface area contributed by atoms with Gasteiger partial charge in [0.05, 0.1) is 0 Å². The van der Waals surface area contributed by atoms with E-state index in [2.05, 4.69) is 33.8 Å². The fourth-order valence-electron chi connectivity index (χ4n) is 2.22. The minimum absolute atomic E-state index is 0.478. The first-order valence-corrected chi connectivity index (χ1v) is 7.12. The van der Waals surface area contributed by atoms with E-state index in [-0.39, 0.29) is 0 Å². The van der Waals surface area contributed by atoms with Crippen molar-refractivity contribution in [2.24, 2.45) is 11.7 Å². The first-order chi connectivity index (χ1) is 8.08. The van der Waals surface area contributed by atoms with E-state index in [1.807, 2.05) is 12.1 Å². The van der Waals surface area contributed by atoms with Crippen LogP contribution < -0.4 is 10.6 Å². The molecule has 1 saturated heterocycles. The molecule has 0 aliphatic carbocycles. The summed E-state index contributed by atoms with van der Waals surface area (Å²) in [5.41, 5.74) is 7.94. The van der Waals surface area contributed by atoms with Crippen molar-refractivity contribution in [1.29, 1.82) is 0 Å². The highest BCUT2D eigenvalue weighted by molar-refractivity contribution is 9.10. The van der Waals surface area contributed by atoms with E-state index in [0.717, 1.165) is 29.0 Å². The second-order valence-electron chi connectivity index (χ2n) is 4.70. The predicted molar refractivity (Wildman–Crippen MR) is 80.6 cm³/mol. The topological polar surface area (TPSA) is 29.3 Å². The Morgan fingerprint density at radius 2 is 2.06 bits per heavy atom. The zero-order valence-electron chi connectivity index (χ0n) is 9.95. The Bertz CT molecular complexity index is 425. The molecule has 92 valence electrons. The number of rotatable bonds is 2. The Balaban J connectivity index is 2.30. The maximum atomic E-state index is 5.79. The lowest BCUT2D eigenvalue weighted by Crippen LogP contribution is -2.34. The van der Waals surface area contributed by atoms with Crippen LogP contribution in [-0.4, -0.2) is 18.1 Å². The summed E-state index contributed by atoms with van der Waals surface area (Å²) in [4.78, 5) is 2.87. The van der Waals surface area contributed by atoms with E-state index in [9.17, 15) is 0 Å². The van der Waals surface area contributed by atoms with E-state index >= 15 is 0 Å². The van der Waals surface area contributed by atoms with Gasteiger partial charge in [0.1, 0.15) is 4.99 Å². The van der Waals surface area contributed by atoms with Crippen molar-refractivity contribution < 1.29 is 0 Å². The molecule has 4 heteroatoms. The molecule has 2 N–H and O–H groups in total. The van der Waals surface area contributed by atoms with E-state index < -0.39 is 0 Å². The lowest BCUT2D eigenvalue weighted by atomic mass is 9.98. The van der Waals surface area contributed by atoms with Gasteiger partial charge in [0.25, 0.3) is 0 Å². The summed E-state index contributed by atoms with van der Waals surface area (Å²) in [5, 5.41) is 0. The monoisotopic (exact) mass is 312 g/mol. The number of nitrogens with two attached hydrogens (primary N) is 1. The van der Waals surface area contributed by atoms with Crippen LogP contribution in [0.15, 0.2) is 22.7 Å². The van der Waals surface area contributed by atoms with Crippen molar-refractivity contribution in [3.8, 4) is 0 Å². The molecule has 1 aromatic carbocycles. The average Bonchev–Trinajstić information content (AvgIpc) is 2.29. The van der Waals surface area contributed by atoms with Gasteiger partial charge < -0.3 is 10.6 Å². The molecule has 0 atom stereocenters. The Morgan fingerprint density at radius 3 is 2.65 bits per heavy atom. The molecular formula is C13H17BrN2S. The standard InChI is InChI=1S/C13H17BrN2S/c1-9-4-6-16(7-5-9)12-8-10(14)2-3-11(12)13(15)17/h2-3,8-9H,4-7H2,1H3,(H2,15,17). The fraction of sp³-hybridized carbons (Fsp3) is 0.462. The molecule has 0 bridgehead atoms. The van der Waals surface area contributed by atoms with Crippen LogP contribution >= 0.6 is 28.1 Å². The molecule has 1 aromatic rings. The van der Waals surface area contributed by atoms with Crippen LogP contribution in [-0.2, 0) is 0 Å². The molecule has 0 spiro atoms. The third-order valence-corrected chi connectivity index (χ3v) is 4.06. The Labute approximate surface area is 116 Å². The Hall–Kier alpha value is -0.610. The Kier molecular flexibility index (Phi) is 4.05. The van der Waals surface area contributed by atoms with Gasteiger partial charge in [-0.15, -0.1) is 0 Å². The normalized spacial score (nSPS) is 17.2. The van der Waals surface area contributed by atoms with Crippen molar-refractivity contribution in [2.45, 2.75) is 19.8 Å². The van der Waals surface area contributed by atoms with Crippen molar-refractivity contribution in [2.75, 3.05) is 18.0 Å². The summed E-state index contributed by atoms with van der Waals surface area (Å²) in [7, 11) is 0. The molecule has 0 unspecified atom stereocenters. The lowest BCUT2D eigenvalue weighted by Gasteiger charge is -2.33. The van der Waals surface area contributed by atoms with Gasteiger partial charge in [-0.1, -0.05) is 35.1 Å². The fourth-order valence-corrected chi connectivity index (χ4v) is 2.75. The second kappa shape index (κ2) is 5.36. The zero-order chi connectivity index (χ0) is 12.4. The number of hydrogen-bond acceptors (Lipinski definition) is 2. The first-order valence-electron chi connectivity index (χ1n) is 5.92. The number of benzene rings is 1. The van der Waals surface area contributed by atoms with Gasteiger partial charge in [-0.2, -0.15) is 0 Å². The smallest absolute Gasteiger partial charge is 0.106 e. The van der Waals surface area contributed by atoms with Crippen molar-refractivity contribution >= 4 is 38.8 Å². The Morgan fingerprint density at radius 1 is 1.41 bits per heavy atom. The summed E-state index contributed by atoms with van der Waals surface area (Å²) in [6.45, 7) is 4.49. The summed E-state index contributed by atoms with van der Waals surface area (Å²) < 4.78 is 1.08. The third-order valence-electron chi connectivity index (χ3n) is 3.35. The quantitative estimate of drug-likeness (QED) is 0.849. The maximum absolute atomic E-state index is 5.79. The molecule has 2 rings (SSSR count). The van der Waals surface area contributed by atoms with Crippen LogP contribution in [0.5, 0.6) is 0 Å². The number of nitrogens with zero attached hydrogens (tertiary/aromatic N) is 1. The highest BCUT2D eigenvalue weighted by Gasteiger charge is 2.19. The molecule has 1 fully saturated rings. The lowest BCUT2D eigenvalue weighted by molar-refractivity contribution is 0.438. The van der Waals surface area contributed by atoms with Gasteiger partial charge in [0.15, 0.2) is 0 Å². The number of piperidine rings is 1. The minimum Gasteiger partial charge on any atom is -0.389 e.